The molecule has 0 saturated carbocycles. The average Bonchev–Trinajstić information content (AvgIpc) is 3.10. The molecule has 174 valence electrons. The van der Waals surface area contributed by atoms with Crippen molar-refractivity contribution in [3.8, 4) is 11.1 Å². The first-order valence-electron chi connectivity index (χ1n) is 11.0. The summed E-state index contributed by atoms with van der Waals surface area (Å²) in [5, 5.41) is 11.8. The van der Waals surface area contributed by atoms with E-state index in [9.17, 15) is 19.5 Å². The summed E-state index contributed by atoms with van der Waals surface area (Å²) in [5.41, 5.74) is 4.45. The van der Waals surface area contributed by atoms with E-state index in [1.54, 1.807) is 13.8 Å². The Morgan fingerprint density at radius 1 is 1.09 bits per heavy atom. The lowest BCUT2D eigenvalue weighted by molar-refractivity contribution is -0.142. The van der Waals surface area contributed by atoms with Crippen LogP contribution in [0.1, 0.15) is 37.3 Å². The molecule has 0 spiro atoms. The Bertz CT molecular complexity index is 1000. The van der Waals surface area contributed by atoms with E-state index in [0.29, 0.717) is 0 Å². The Labute approximate surface area is 194 Å². The number of hydrogen-bond donors (Lipinski definition) is 2. The summed E-state index contributed by atoms with van der Waals surface area (Å²) in [6, 6.07) is 14.1. The minimum Gasteiger partial charge on any atom is -0.480 e. The summed E-state index contributed by atoms with van der Waals surface area (Å²) in [7, 11) is 1.49. The van der Waals surface area contributed by atoms with Gasteiger partial charge in [0.25, 0.3) is 0 Å². The van der Waals surface area contributed by atoms with Gasteiger partial charge in [0.1, 0.15) is 18.7 Å². The second-order valence-electron chi connectivity index (χ2n) is 8.53. The number of fused-ring (bicyclic) bond motifs is 3. The first-order valence-corrected chi connectivity index (χ1v) is 11.0. The first kappa shape index (κ1) is 24.0. The molecule has 7 nitrogen and oxygen atoms in total. The fraction of sp³-hybridized carbons (Fsp3) is 0.346. The summed E-state index contributed by atoms with van der Waals surface area (Å²) >= 11 is 0. The maximum absolute atomic E-state index is 12.9. The summed E-state index contributed by atoms with van der Waals surface area (Å²) < 4.78 is 5.66. The maximum atomic E-state index is 12.9. The number of carbonyl (C=O) groups is 3. The van der Waals surface area contributed by atoms with E-state index in [1.807, 2.05) is 36.4 Å². The molecule has 1 unspecified atom stereocenters. The van der Waals surface area contributed by atoms with Crippen LogP contribution in [0.4, 0.5) is 4.79 Å². The van der Waals surface area contributed by atoms with Crippen molar-refractivity contribution in [1.29, 1.82) is 0 Å². The van der Waals surface area contributed by atoms with Crippen molar-refractivity contribution in [1.82, 2.24) is 10.2 Å². The van der Waals surface area contributed by atoms with Gasteiger partial charge in [0.05, 0.1) is 0 Å². The second-order valence-corrected chi connectivity index (χ2v) is 8.53. The topological polar surface area (TPSA) is 95.9 Å². The Hall–Kier alpha value is -3.61. The highest BCUT2D eigenvalue weighted by Crippen LogP contribution is 2.44. The highest BCUT2D eigenvalue weighted by molar-refractivity contribution is 5.89. The number of carboxylic acids is 1. The molecule has 0 radical (unpaired) electrons. The van der Waals surface area contributed by atoms with Crippen LogP contribution in [-0.2, 0) is 14.3 Å². The molecule has 0 fully saturated rings. The molecule has 2 aromatic carbocycles. The standard InChI is InChI=1S/C26H30N2O5/c1-5-10-22(25(30)31)27-24(29)23(16(2)3)28(4)26(32)33-15-21-19-13-8-6-11-17(19)18-12-7-9-14-20(18)21/h5-9,11-14,16,21-23H,1,10,15H2,2-4H3,(H,27,29)(H,30,31)/t22?,23-/m0/s1. The van der Waals surface area contributed by atoms with Gasteiger partial charge in [0, 0.05) is 13.0 Å². The third-order valence-corrected chi connectivity index (χ3v) is 5.96. The van der Waals surface area contributed by atoms with Crippen molar-refractivity contribution in [2.24, 2.45) is 5.92 Å². The van der Waals surface area contributed by atoms with E-state index >= 15 is 0 Å². The van der Waals surface area contributed by atoms with Crippen LogP contribution in [-0.4, -0.2) is 53.7 Å². The van der Waals surface area contributed by atoms with Crippen LogP contribution in [0, 0.1) is 5.92 Å². The number of ether oxygens (including phenoxy) is 1. The van der Waals surface area contributed by atoms with E-state index < -0.39 is 30.1 Å². The molecular formula is C26H30N2O5. The second kappa shape index (κ2) is 10.3. The molecule has 1 aliphatic carbocycles. The molecule has 2 aromatic rings. The highest BCUT2D eigenvalue weighted by atomic mass is 16.6. The Morgan fingerprint density at radius 3 is 2.12 bits per heavy atom. The average molecular weight is 451 g/mol. The molecule has 2 N–H and O–H groups in total. The quantitative estimate of drug-likeness (QED) is 0.562. The van der Waals surface area contributed by atoms with Gasteiger partial charge in [-0.25, -0.2) is 9.59 Å². The third kappa shape index (κ3) is 5.08. The van der Waals surface area contributed by atoms with Crippen LogP contribution in [0.5, 0.6) is 0 Å². The predicted molar refractivity (Wildman–Crippen MR) is 126 cm³/mol. The molecule has 7 heteroatoms. The zero-order chi connectivity index (χ0) is 24.1. The summed E-state index contributed by atoms with van der Waals surface area (Å²) in [4.78, 5) is 38.4. The van der Waals surface area contributed by atoms with Crippen LogP contribution in [0.25, 0.3) is 11.1 Å². The minimum atomic E-state index is -1.16. The zero-order valence-electron chi connectivity index (χ0n) is 19.2. The van der Waals surface area contributed by atoms with Crippen molar-refractivity contribution in [3.05, 3.63) is 72.3 Å². The number of carboxylic acid groups (broad SMARTS) is 1. The van der Waals surface area contributed by atoms with Gasteiger partial charge in [0.15, 0.2) is 0 Å². The number of benzene rings is 2. The molecule has 3 rings (SSSR count). The fourth-order valence-electron chi connectivity index (χ4n) is 4.38. The number of likely N-dealkylation sites (N-methyl/N-ethyl adjacent to an activating group) is 1. The van der Waals surface area contributed by atoms with Gasteiger partial charge < -0.3 is 15.2 Å². The number of carbonyl (C=O) groups excluding carboxylic acids is 2. The van der Waals surface area contributed by atoms with E-state index in [4.69, 9.17) is 4.74 Å². The summed E-state index contributed by atoms with van der Waals surface area (Å²) in [6.07, 6.45) is 0.875. The largest absolute Gasteiger partial charge is 0.480 e. The Kier molecular flexibility index (Phi) is 7.53. The van der Waals surface area contributed by atoms with Crippen LogP contribution in [0.2, 0.25) is 0 Å². The lowest BCUT2D eigenvalue weighted by Crippen LogP contribution is -2.54. The number of nitrogens with one attached hydrogen (secondary N) is 1. The van der Waals surface area contributed by atoms with Crippen LogP contribution in [0.3, 0.4) is 0 Å². The van der Waals surface area contributed by atoms with E-state index in [-0.39, 0.29) is 24.9 Å². The number of rotatable bonds is 9. The number of hydrogen-bond acceptors (Lipinski definition) is 4. The van der Waals surface area contributed by atoms with Crippen LogP contribution in [0.15, 0.2) is 61.2 Å². The van der Waals surface area contributed by atoms with Crippen molar-refractivity contribution < 1.29 is 24.2 Å². The van der Waals surface area contributed by atoms with Crippen molar-refractivity contribution in [3.63, 3.8) is 0 Å². The van der Waals surface area contributed by atoms with Crippen molar-refractivity contribution >= 4 is 18.0 Å². The van der Waals surface area contributed by atoms with Gasteiger partial charge in [0.2, 0.25) is 5.91 Å². The Balaban J connectivity index is 1.72. The fourth-order valence-corrected chi connectivity index (χ4v) is 4.38. The highest BCUT2D eigenvalue weighted by Gasteiger charge is 2.34. The maximum Gasteiger partial charge on any atom is 0.410 e. The smallest absolute Gasteiger partial charge is 0.410 e. The lowest BCUT2D eigenvalue weighted by Gasteiger charge is -2.30. The zero-order valence-corrected chi connectivity index (χ0v) is 19.2. The monoisotopic (exact) mass is 450 g/mol. The number of aliphatic carboxylic acids is 1. The summed E-state index contributed by atoms with van der Waals surface area (Å²) in [6.45, 7) is 7.25. The Morgan fingerprint density at radius 2 is 1.64 bits per heavy atom. The normalized spacial score (nSPS) is 14.1. The molecule has 1 aliphatic rings. The molecule has 33 heavy (non-hydrogen) atoms. The SMILES string of the molecule is C=CCC(NC(=O)[C@H](C(C)C)N(C)C(=O)OCC1c2ccccc2-c2ccccc21)C(=O)O. The molecule has 0 aliphatic heterocycles. The predicted octanol–water partition coefficient (Wildman–Crippen LogP) is 4.04. The minimum absolute atomic E-state index is 0.0839. The van der Waals surface area contributed by atoms with Gasteiger partial charge in [-0.3, -0.25) is 9.69 Å². The van der Waals surface area contributed by atoms with Crippen LogP contribution >= 0.6 is 0 Å². The molecule has 0 saturated heterocycles. The number of amides is 2. The van der Waals surface area contributed by atoms with Crippen molar-refractivity contribution in [2.45, 2.75) is 38.3 Å². The molecule has 0 heterocycles. The van der Waals surface area contributed by atoms with Gasteiger partial charge in [-0.2, -0.15) is 0 Å². The molecule has 2 atom stereocenters. The van der Waals surface area contributed by atoms with Gasteiger partial charge in [-0.05, 0) is 34.6 Å². The molecule has 0 bridgehead atoms. The van der Waals surface area contributed by atoms with Crippen molar-refractivity contribution in [2.75, 3.05) is 13.7 Å². The third-order valence-electron chi connectivity index (χ3n) is 5.96. The number of nitrogens with zero attached hydrogens (tertiary/aromatic N) is 1. The van der Waals surface area contributed by atoms with Gasteiger partial charge in [-0.1, -0.05) is 68.5 Å². The molecular weight excluding hydrogens is 420 g/mol. The van der Waals surface area contributed by atoms with Crippen LogP contribution < -0.4 is 5.32 Å². The van der Waals surface area contributed by atoms with E-state index in [2.05, 4.69) is 24.0 Å². The molecule has 2 amide bonds. The lowest BCUT2D eigenvalue weighted by atomic mass is 9.98. The van der Waals surface area contributed by atoms with Gasteiger partial charge >= 0.3 is 12.1 Å². The van der Waals surface area contributed by atoms with Gasteiger partial charge in [-0.15, -0.1) is 6.58 Å². The molecule has 0 aromatic heterocycles. The van der Waals surface area contributed by atoms with E-state index in [0.717, 1.165) is 22.3 Å². The summed E-state index contributed by atoms with van der Waals surface area (Å²) in [5.74, 6) is -2.05. The van der Waals surface area contributed by atoms with E-state index in [1.165, 1.54) is 18.0 Å². The first-order chi connectivity index (χ1) is 15.8.